The zero-order valence-electron chi connectivity index (χ0n) is 12.1. The van der Waals surface area contributed by atoms with Gasteiger partial charge in [0.25, 0.3) is 0 Å². The first kappa shape index (κ1) is 14.7. The van der Waals surface area contributed by atoms with E-state index in [2.05, 4.69) is 23.5 Å². The van der Waals surface area contributed by atoms with E-state index in [4.69, 9.17) is 10.00 Å². The number of ether oxygens (including phenoxy) is 1. The molecule has 3 heteroatoms. The van der Waals surface area contributed by atoms with Gasteiger partial charge in [-0.15, -0.1) is 0 Å². The Morgan fingerprint density at radius 3 is 2.90 bits per heavy atom. The maximum Gasteiger partial charge on any atom is 0.121 e. The Morgan fingerprint density at radius 2 is 2.10 bits per heavy atom. The SMILES string of the molecule is N#CCCCOc1cccc(NCC2CCCCC2)c1. The fourth-order valence-electron chi connectivity index (χ4n) is 2.69. The first-order valence-corrected chi connectivity index (χ1v) is 7.72. The molecule has 0 radical (unpaired) electrons. The largest absolute Gasteiger partial charge is 0.493 e. The number of unbranched alkanes of at least 4 members (excludes halogenated alkanes) is 1. The van der Waals surface area contributed by atoms with Crippen LogP contribution in [-0.4, -0.2) is 13.2 Å². The highest BCUT2D eigenvalue weighted by atomic mass is 16.5. The van der Waals surface area contributed by atoms with Crippen LogP contribution in [0.4, 0.5) is 5.69 Å². The van der Waals surface area contributed by atoms with Gasteiger partial charge in [-0.1, -0.05) is 25.3 Å². The number of hydrogen-bond acceptors (Lipinski definition) is 3. The van der Waals surface area contributed by atoms with Crippen molar-refractivity contribution < 1.29 is 4.74 Å². The highest BCUT2D eigenvalue weighted by Crippen LogP contribution is 2.24. The molecule has 1 aromatic rings. The number of anilines is 1. The molecular weight excluding hydrogens is 248 g/mol. The van der Waals surface area contributed by atoms with Gasteiger partial charge in [-0.3, -0.25) is 0 Å². The number of benzene rings is 1. The Labute approximate surface area is 121 Å². The smallest absolute Gasteiger partial charge is 0.121 e. The summed E-state index contributed by atoms with van der Waals surface area (Å²) >= 11 is 0. The highest BCUT2D eigenvalue weighted by Gasteiger charge is 2.12. The predicted molar refractivity (Wildman–Crippen MR) is 81.8 cm³/mol. The van der Waals surface area contributed by atoms with Crippen molar-refractivity contribution in [3.63, 3.8) is 0 Å². The average Bonchev–Trinajstić information content (AvgIpc) is 2.51. The normalized spacial score (nSPS) is 15.6. The number of hydrogen-bond donors (Lipinski definition) is 1. The van der Waals surface area contributed by atoms with Crippen LogP contribution in [-0.2, 0) is 0 Å². The van der Waals surface area contributed by atoms with E-state index in [0.717, 1.165) is 30.3 Å². The van der Waals surface area contributed by atoms with E-state index >= 15 is 0 Å². The highest BCUT2D eigenvalue weighted by molar-refractivity contribution is 5.48. The summed E-state index contributed by atoms with van der Waals surface area (Å²) in [6, 6.07) is 10.3. The average molecular weight is 272 g/mol. The summed E-state index contributed by atoms with van der Waals surface area (Å²) in [5, 5.41) is 12.0. The van der Waals surface area contributed by atoms with E-state index in [9.17, 15) is 0 Å². The number of rotatable bonds is 7. The van der Waals surface area contributed by atoms with Crippen LogP contribution >= 0.6 is 0 Å². The standard InChI is InChI=1S/C17H24N2O/c18-11-4-5-12-20-17-10-6-9-16(13-17)19-14-15-7-2-1-3-8-15/h6,9-10,13,15,19H,1-5,7-8,12,14H2. The lowest BCUT2D eigenvalue weighted by Crippen LogP contribution is -2.17. The molecule has 0 amide bonds. The molecule has 0 spiro atoms. The molecule has 0 aliphatic heterocycles. The van der Waals surface area contributed by atoms with Crippen LogP contribution in [0.15, 0.2) is 24.3 Å². The Morgan fingerprint density at radius 1 is 1.25 bits per heavy atom. The molecule has 1 aliphatic rings. The van der Waals surface area contributed by atoms with Crippen molar-refractivity contribution in [1.29, 1.82) is 5.26 Å². The molecule has 1 aromatic carbocycles. The van der Waals surface area contributed by atoms with Crippen molar-refractivity contribution in [3.05, 3.63) is 24.3 Å². The summed E-state index contributed by atoms with van der Waals surface area (Å²) < 4.78 is 5.65. The summed E-state index contributed by atoms with van der Waals surface area (Å²) in [6.07, 6.45) is 8.23. The molecule has 0 unspecified atom stereocenters. The van der Waals surface area contributed by atoms with Gasteiger partial charge in [-0.2, -0.15) is 5.26 Å². The van der Waals surface area contributed by atoms with Crippen molar-refractivity contribution in [2.24, 2.45) is 5.92 Å². The van der Waals surface area contributed by atoms with Crippen LogP contribution in [0, 0.1) is 17.2 Å². The Balaban J connectivity index is 1.75. The van der Waals surface area contributed by atoms with Crippen LogP contribution in [0.5, 0.6) is 5.75 Å². The second-order valence-corrected chi connectivity index (χ2v) is 5.52. The Kier molecular flexibility index (Phi) is 6.23. The molecule has 0 atom stereocenters. The lowest BCUT2D eigenvalue weighted by molar-refractivity contribution is 0.313. The molecule has 3 nitrogen and oxygen atoms in total. The fraction of sp³-hybridized carbons (Fsp3) is 0.588. The molecule has 0 heterocycles. The summed E-state index contributed by atoms with van der Waals surface area (Å²) in [6.45, 7) is 1.68. The van der Waals surface area contributed by atoms with Crippen molar-refractivity contribution in [2.75, 3.05) is 18.5 Å². The van der Waals surface area contributed by atoms with E-state index in [0.29, 0.717) is 13.0 Å². The summed E-state index contributed by atoms with van der Waals surface area (Å²) in [4.78, 5) is 0. The lowest BCUT2D eigenvalue weighted by Gasteiger charge is -2.22. The second kappa shape index (κ2) is 8.47. The molecule has 2 rings (SSSR count). The van der Waals surface area contributed by atoms with Gasteiger partial charge in [0.1, 0.15) is 5.75 Å². The summed E-state index contributed by atoms with van der Waals surface area (Å²) in [5.41, 5.74) is 1.13. The van der Waals surface area contributed by atoms with Crippen LogP contribution in [0.1, 0.15) is 44.9 Å². The minimum Gasteiger partial charge on any atom is -0.493 e. The Bertz CT molecular complexity index is 433. The van der Waals surface area contributed by atoms with Gasteiger partial charge in [-0.05, 0) is 37.3 Å². The maximum absolute atomic E-state index is 8.49. The fourth-order valence-corrected chi connectivity index (χ4v) is 2.69. The molecule has 20 heavy (non-hydrogen) atoms. The third kappa shape index (κ3) is 5.13. The summed E-state index contributed by atoms with van der Waals surface area (Å²) in [7, 11) is 0. The zero-order valence-corrected chi connectivity index (χ0v) is 12.1. The van der Waals surface area contributed by atoms with Gasteiger partial charge >= 0.3 is 0 Å². The van der Waals surface area contributed by atoms with Crippen LogP contribution in [0.3, 0.4) is 0 Å². The van der Waals surface area contributed by atoms with Crippen LogP contribution in [0.25, 0.3) is 0 Å². The minimum atomic E-state index is 0.555. The van der Waals surface area contributed by atoms with Crippen molar-refractivity contribution in [3.8, 4) is 11.8 Å². The maximum atomic E-state index is 8.49. The molecule has 1 N–H and O–H groups in total. The topological polar surface area (TPSA) is 45.0 Å². The van der Waals surface area contributed by atoms with Crippen LogP contribution in [0.2, 0.25) is 0 Å². The lowest BCUT2D eigenvalue weighted by atomic mass is 9.89. The van der Waals surface area contributed by atoms with E-state index < -0.39 is 0 Å². The van der Waals surface area contributed by atoms with Gasteiger partial charge in [0.15, 0.2) is 0 Å². The van der Waals surface area contributed by atoms with E-state index in [1.54, 1.807) is 0 Å². The first-order chi connectivity index (χ1) is 9.88. The zero-order chi connectivity index (χ0) is 14.0. The van der Waals surface area contributed by atoms with Gasteiger partial charge in [-0.25, -0.2) is 0 Å². The monoisotopic (exact) mass is 272 g/mol. The summed E-state index contributed by atoms with van der Waals surface area (Å²) in [5.74, 6) is 1.71. The number of nitrogens with zero attached hydrogens (tertiary/aromatic N) is 1. The van der Waals surface area contributed by atoms with Gasteiger partial charge in [0, 0.05) is 24.7 Å². The molecule has 1 aliphatic carbocycles. The molecular formula is C17H24N2O. The Hall–Kier alpha value is -1.69. The molecule has 0 saturated heterocycles. The van der Waals surface area contributed by atoms with E-state index in [1.807, 2.05) is 12.1 Å². The third-order valence-corrected chi connectivity index (χ3v) is 3.86. The van der Waals surface area contributed by atoms with Crippen molar-refractivity contribution in [2.45, 2.75) is 44.9 Å². The van der Waals surface area contributed by atoms with Crippen molar-refractivity contribution in [1.82, 2.24) is 0 Å². The molecule has 1 saturated carbocycles. The molecule has 0 aromatic heterocycles. The van der Waals surface area contributed by atoms with Gasteiger partial charge in [0.2, 0.25) is 0 Å². The molecule has 0 bridgehead atoms. The van der Waals surface area contributed by atoms with E-state index in [1.165, 1.54) is 32.1 Å². The predicted octanol–water partition coefficient (Wildman–Crippen LogP) is 4.36. The third-order valence-electron chi connectivity index (χ3n) is 3.86. The first-order valence-electron chi connectivity index (χ1n) is 7.72. The minimum absolute atomic E-state index is 0.555. The van der Waals surface area contributed by atoms with Crippen molar-refractivity contribution >= 4 is 5.69 Å². The quantitative estimate of drug-likeness (QED) is 0.750. The molecule has 108 valence electrons. The second-order valence-electron chi connectivity index (χ2n) is 5.52. The number of nitriles is 1. The molecule has 1 fully saturated rings. The van der Waals surface area contributed by atoms with Gasteiger partial charge < -0.3 is 10.1 Å². The van der Waals surface area contributed by atoms with E-state index in [-0.39, 0.29) is 0 Å². The van der Waals surface area contributed by atoms with Gasteiger partial charge in [0.05, 0.1) is 12.7 Å². The number of nitrogens with one attached hydrogen (secondary N) is 1. The van der Waals surface area contributed by atoms with Crippen LogP contribution < -0.4 is 10.1 Å².